The summed E-state index contributed by atoms with van der Waals surface area (Å²) in [5.41, 5.74) is 5.51. The van der Waals surface area contributed by atoms with E-state index in [-0.39, 0.29) is 5.91 Å². The Hall–Kier alpha value is -3.71. The Morgan fingerprint density at radius 3 is 2.69 bits per heavy atom. The lowest BCUT2D eigenvalue weighted by atomic mass is 9.99. The molecule has 1 amide bonds. The van der Waals surface area contributed by atoms with Crippen LogP contribution < -0.4 is 0 Å². The number of benzene rings is 2. The van der Waals surface area contributed by atoms with Crippen molar-refractivity contribution in [1.82, 2.24) is 14.9 Å². The van der Waals surface area contributed by atoms with E-state index in [2.05, 4.69) is 12.8 Å². The highest BCUT2D eigenvalue weighted by Gasteiger charge is 2.23. The van der Waals surface area contributed by atoms with Crippen molar-refractivity contribution in [2.75, 3.05) is 13.1 Å². The number of allylic oxidation sites excluding steroid dienone is 4. The van der Waals surface area contributed by atoms with Gasteiger partial charge in [0.25, 0.3) is 5.91 Å². The summed E-state index contributed by atoms with van der Waals surface area (Å²) < 4.78 is 0. The second kappa shape index (κ2) is 9.62. The number of hydrogen-bond donors (Lipinski definition) is 0. The number of rotatable bonds is 4. The van der Waals surface area contributed by atoms with Gasteiger partial charge in [-0.1, -0.05) is 49.3 Å². The molecule has 160 valence electrons. The molecule has 0 bridgehead atoms. The molecule has 0 aliphatic carbocycles. The van der Waals surface area contributed by atoms with Gasteiger partial charge in [0, 0.05) is 24.2 Å². The van der Waals surface area contributed by atoms with Crippen molar-refractivity contribution in [2.24, 2.45) is 5.92 Å². The number of aromatic nitrogens is 2. The molecule has 2 heterocycles. The molecule has 1 aliphatic rings. The summed E-state index contributed by atoms with van der Waals surface area (Å²) in [5.74, 6) is 3.14. The largest absolute Gasteiger partial charge is 0.338 e. The fourth-order valence-corrected chi connectivity index (χ4v) is 4.19. The summed E-state index contributed by atoms with van der Waals surface area (Å²) in [4.78, 5) is 25.0. The Balaban J connectivity index is 1.82. The van der Waals surface area contributed by atoms with Crippen LogP contribution in [0, 0.1) is 18.3 Å². The first kappa shape index (κ1) is 21.5. The molecule has 32 heavy (non-hydrogen) atoms. The quantitative estimate of drug-likeness (QED) is 0.397. The van der Waals surface area contributed by atoms with Gasteiger partial charge in [0.05, 0.1) is 22.4 Å². The van der Waals surface area contributed by atoms with Crippen LogP contribution >= 0.6 is 0 Å². The number of likely N-dealkylation sites (tertiary alicyclic amines) is 1. The van der Waals surface area contributed by atoms with Gasteiger partial charge in [0.2, 0.25) is 0 Å². The highest BCUT2D eigenvalue weighted by atomic mass is 16.2. The van der Waals surface area contributed by atoms with E-state index in [0.717, 1.165) is 47.6 Å². The molecule has 1 aliphatic heterocycles. The van der Waals surface area contributed by atoms with Crippen LogP contribution in [0.5, 0.6) is 0 Å². The molecule has 4 nitrogen and oxygen atoms in total. The molecule has 1 unspecified atom stereocenters. The Labute approximate surface area is 189 Å². The molecule has 1 fully saturated rings. The minimum atomic E-state index is 0.0624. The summed E-state index contributed by atoms with van der Waals surface area (Å²) in [6.07, 6.45) is 13.2. The molecule has 4 heteroatoms. The van der Waals surface area contributed by atoms with E-state index in [1.54, 1.807) is 6.08 Å². The minimum absolute atomic E-state index is 0.0624. The smallest absolute Gasteiger partial charge is 0.253 e. The lowest BCUT2D eigenvalue weighted by Gasteiger charge is -2.31. The number of fused-ring (bicyclic) bond motifs is 1. The Morgan fingerprint density at radius 1 is 1.16 bits per heavy atom. The normalized spacial score (nSPS) is 17.0. The van der Waals surface area contributed by atoms with Crippen LogP contribution in [0.3, 0.4) is 0 Å². The van der Waals surface area contributed by atoms with Crippen molar-refractivity contribution in [3.8, 4) is 23.6 Å². The van der Waals surface area contributed by atoms with E-state index >= 15 is 0 Å². The van der Waals surface area contributed by atoms with E-state index in [4.69, 9.17) is 16.4 Å². The number of carbonyl (C=O) groups excluding carboxylic acids is 1. The predicted octanol–water partition coefficient (Wildman–Crippen LogP) is 5.76. The summed E-state index contributed by atoms with van der Waals surface area (Å²) in [6, 6.07) is 15.6. The zero-order chi connectivity index (χ0) is 22.5. The van der Waals surface area contributed by atoms with Crippen molar-refractivity contribution >= 4 is 22.5 Å². The van der Waals surface area contributed by atoms with Gasteiger partial charge in [-0.2, -0.15) is 0 Å². The molecule has 1 aromatic heterocycles. The number of nitrogens with zero attached hydrogens (tertiary/aromatic N) is 3. The van der Waals surface area contributed by atoms with Gasteiger partial charge in [-0.25, -0.2) is 9.97 Å². The highest BCUT2D eigenvalue weighted by molar-refractivity contribution is 5.98. The van der Waals surface area contributed by atoms with Gasteiger partial charge in [-0.05, 0) is 61.6 Å². The molecule has 1 saturated heterocycles. The van der Waals surface area contributed by atoms with Gasteiger partial charge in [0.1, 0.15) is 0 Å². The van der Waals surface area contributed by atoms with Crippen molar-refractivity contribution in [3.63, 3.8) is 0 Å². The van der Waals surface area contributed by atoms with Crippen LogP contribution in [-0.4, -0.2) is 33.9 Å². The van der Waals surface area contributed by atoms with E-state index in [1.807, 2.05) is 72.5 Å². The second-order valence-corrected chi connectivity index (χ2v) is 8.23. The van der Waals surface area contributed by atoms with Crippen LogP contribution in [0.15, 0.2) is 66.8 Å². The molecule has 3 aromatic rings. The Bertz CT molecular complexity index is 1230. The van der Waals surface area contributed by atoms with E-state index in [1.165, 1.54) is 6.42 Å². The molecule has 1 atom stereocenters. The van der Waals surface area contributed by atoms with Gasteiger partial charge >= 0.3 is 0 Å². The zero-order valence-electron chi connectivity index (χ0n) is 18.6. The maximum atomic E-state index is 13.1. The second-order valence-electron chi connectivity index (χ2n) is 8.23. The maximum absolute atomic E-state index is 13.1. The lowest BCUT2D eigenvalue weighted by Crippen LogP contribution is -2.39. The van der Waals surface area contributed by atoms with Gasteiger partial charge in [-0.3, -0.25) is 4.79 Å². The standard InChI is InChI=1S/C28H27N3O/c1-4-6-12-21(5-2)26-27(22-13-8-7-9-14-22)29-24-16-15-23(18-25(24)30-26)28(32)31-17-10-11-20(3)19-31/h1,5-9,12-16,18,20H,10-11,17,19H2,2-3H3/b12-6-,21-5+. The highest BCUT2D eigenvalue weighted by Crippen LogP contribution is 2.29. The Morgan fingerprint density at radius 2 is 1.97 bits per heavy atom. The number of piperidine rings is 1. The van der Waals surface area contributed by atoms with Crippen LogP contribution in [-0.2, 0) is 0 Å². The molecular formula is C28H27N3O. The molecule has 0 spiro atoms. The summed E-state index contributed by atoms with van der Waals surface area (Å²) in [6.45, 7) is 5.77. The SMILES string of the molecule is C#C/C=C\C(=C/C)c1nc2cc(C(=O)N3CCCC(C)C3)ccc2nc1-c1ccccc1. The summed E-state index contributed by atoms with van der Waals surface area (Å²) in [5, 5.41) is 0. The Kier molecular flexibility index (Phi) is 6.47. The first-order valence-electron chi connectivity index (χ1n) is 11.1. The third kappa shape index (κ3) is 4.48. The molecule has 2 aromatic carbocycles. The number of carbonyl (C=O) groups is 1. The van der Waals surface area contributed by atoms with E-state index in [0.29, 0.717) is 17.0 Å². The maximum Gasteiger partial charge on any atom is 0.253 e. The summed E-state index contributed by atoms with van der Waals surface area (Å²) in [7, 11) is 0. The van der Waals surface area contributed by atoms with Crippen LogP contribution in [0.25, 0.3) is 27.9 Å². The van der Waals surface area contributed by atoms with Crippen molar-refractivity contribution in [1.29, 1.82) is 0 Å². The van der Waals surface area contributed by atoms with Gasteiger partial charge in [0.15, 0.2) is 0 Å². The predicted molar refractivity (Wildman–Crippen MR) is 131 cm³/mol. The van der Waals surface area contributed by atoms with Crippen molar-refractivity contribution in [2.45, 2.75) is 26.7 Å². The molecule has 0 N–H and O–H groups in total. The van der Waals surface area contributed by atoms with E-state index < -0.39 is 0 Å². The number of terminal acetylenes is 1. The van der Waals surface area contributed by atoms with Crippen LogP contribution in [0.1, 0.15) is 42.7 Å². The molecule has 0 radical (unpaired) electrons. The van der Waals surface area contributed by atoms with E-state index in [9.17, 15) is 4.79 Å². The lowest BCUT2D eigenvalue weighted by molar-refractivity contribution is 0.0683. The van der Waals surface area contributed by atoms with Crippen LogP contribution in [0.4, 0.5) is 0 Å². The monoisotopic (exact) mass is 421 g/mol. The number of amides is 1. The minimum Gasteiger partial charge on any atom is -0.338 e. The average molecular weight is 422 g/mol. The first-order chi connectivity index (χ1) is 15.6. The third-order valence-corrected chi connectivity index (χ3v) is 5.85. The fourth-order valence-electron chi connectivity index (χ4n) is 4.19. The fraction of sp³-hybridized carbons (Fsp3) is 0.250. The zero-order valence-corrected chi connectivity index (χ0v) is 18.6. The average Bonchev–Trinajstić information content (AvgIpc) is 2.83. The van der Waals surface area contributed by atoms with Gasteiger partial charge in [-0.15, -0.1) is 6.42 Å². The van der Waals surface area contributed by atoms with Crippen molar-refractivity contribution in [3.05, 3.63) is 78.0 Å². The first-order valence-corrected chi connectivity index (χ1v) is 11.1. The third-order valence-electron chi connectivity index (χ3n) is 5.85. The number of hydrogen-bond acceptors (Lipinski definition) is 3. The van der Waals surface area contributed by atoms with Crippen LogP contribution in [0.2, 0.25) is 0 Å². The topological polar surface area (TPSA) is 46.1 Å². The van der Waals surface area contributed by atoms with Gasteiger partial charge < -0.3 is 4.90 Å². The summed E-state index contributed by atoms with van der Waals surface area (Å²) >= 11 is 0. The molecular weight excluding hydrogens is 394 g/mol. The molecule has 4 rings (SSSR count). The van der Waals surface area contributed by atoms with Crippen molar-refractivity contribution < 1.29 is 4.79 Å². The molecule has 0 saturated carbocycles.